The molecule has 0 aliphatic rings. The second kappa shape index (κ2) is 5.57. The highest BCUT2D eigenvalue weighted by atomic mass is 16.5. The third-order valence-corrected chi connectivity index (χ3v) is 3.11. The first-order valence-corrected chi connectivity index (χ1v) is 6.15. The Morgan fingerprint density at radius 2 is 1.84 bits per heavy atom. The molecule has 0 aromatic heterocycles. The van der Waals surface area contributed by atoms with Crippen LogP contribution >= 0.6 is 0 Å². The Kier molecular flexibility index (Phi) is 3.85. The Bertz CT molecular complexity index is 605. The Morgan fingerprint density at radius 3 is 2.53 bits per heavy atom. The van der Waals surface area contributed by atoms with E-state index in [-0.39, 0.29) is 12.4 Å². The van der Waals surface area contributed by atoms with Crippen LogP contribution in [-0.2, 0) is 0 Å². The number of aryl methyl sites for hydroxylation is 2. The molecule has 2 N–H and O–H groups in total. The molecule has 0 fully saturated rings. The fourth-order valence-electron chi connectivity index (χ4n) is 1.75. The van der Waals surface area contributed by atoms with E-state index in [1.54, 1.807) is 12.1 Å². The van der Waals surface area contributed by atoms with Crippen molar-refractivity contribution in [2.24, 2.45) is 0 Å². The van der Waals surface area contributed by atoms with Gasteiger partial charge >= 0.3 is 0 Å². The van der Waals surface area contributed by atoms with E-state index in [1.807, 2.05) is 44.2 Å². The number of para-hydroxylation sites is 2. The number of hydrogen-bond donors (Lipinski definition) is 1. The van der Waals surface area contributed by atoms with E-state index in [2.05, 4.69) is 0 Å². The molecule has 0 amide bonds. The van der Waals surface area contributed by atoms with Crippen LogP contribution in [0.3, 0.4) is 0 Å². The quantitative estimate of drug-likeness (QED) is 0.674. The molecule has 0 atom stereocenters. The van der Waals surface area contributed by atoms with Gasteiger partial charge in [0.2, 0.25) is 0 Å². The fourth-order valence-corrected chi connectivity index (χ4v) is 1.75. The average Bonchev–Trinajstić information content (AvgIpc) is 2.40. The van der Waals surface area contributed by atoms with Gasteiger partial charge in [-0.3, -0.25) is 4.79 Å². The molecule has 98 valence electrons. The van der Waals surface area contributed by atoms with Gasteiger partial charge in [-0.25, -0.2) is 0 Å². The van der Waals surface area contributed by atoms with E-state index in [0.717, 1.165) is 5.56 Å². The lowest BCUT2D eigenvalue weighted by atomic mass is 10.0. The highest BCUT2D eigenvalue weighted by Gasteiger charge is 2.08. The molecule has 0 aliphatic heterocycles. The number of carbonyl (C=O) groups excluding carboxylic acids is 1. The van der Waals surface area contributed by atoms with Gasteiger partial charge in [0.05, 0.1) is 5.69 Å². The largest absolute Gasteiger partial charge is 0.483 e. The van der Waals surface area contributed by atoms with Crippen molar-refractivity contribution in [1.29, 1.82) is 0 Å². The third-order valence-electron chi connectivity index (χ3n) is 3.11. The van der Waals surface area contributed by atoms with Crippen molar-refractivity contribution in [1.82, 2.24) is 0 Å². The van der Waals surface area contributed by atoms with Crippen LogP contribution < -0.4 is 10.5 Å². The van der Waals surface area contributed by atoms with Crippen LogP contribution in [0, 0.1) is 13.8 Å². The van der Waals surface area contributed by atoms with Crippen LogP contribution in [0.5, 0.6) is 5.75 Å². The topological polar surface area (TPSA) is 52.3 Å². The first kappa shape index (κ1) is 13.1. The summed E-state index contributed by atoms with van der Waals surface area (Å²) in [6, 6.07) is 12.8. The number of carbonyl (C=O) groups is 1. The number of nitrogens with two attached hydrogens (primary N) is 1. The minimum atomic E-state index is -0.0497. The summed E-state index contributed by atoms with van der Waals surface area (Å²) in [7, 11) is 0. The monoisotopic (exact) mass is 255 g/mol. The number of nitrogen functional groups attached to an aromatic ring is 1. The molecule has 0 saturated heterocycles. The summed E-state index contributed by atoms with van der Waals surface area (Å²) >= 11 is 0. The third kappa shape index (κ3) is 3.13. The normalized spacial score (nSPS) is 10.2. The first-order chi connectivity index (χ1) is 9.08. The predicted octanol–water partition coefficient (Wildman–Crippen LogP) is 3.15. The van der Waals surface area contributed by atoms with Gasteiger partial charge in [-0.1, -0.05) is 24.3 Å². The van der Waals surface area contributed by atoms with Crippen molar-refractivity contribution in [3.05, 3.63) is 59.2 Å². The maximum atomic E-state index is 12.0. The molecule has 0 unspecified atom stereocenters. The molecule has 0 radical (unpaired) electrons. The molecule has 2 aromatic rings. The lowest BCUT2D eigenvalue weighted by Crippen LogP contribution is -2.12. The number of rotatable bonds is 4. The van der Waals surface area contributed by atoms with E-state index in [9.17, 15) is 4.79 Å². The van der Waals surface area contributed by atoms with Crippen LogP contribution in [-0.4, -0.2) is 12.4 Å². The minimum Gasteiger partial charge on any atom is -0.483 e. The lowest BCUT2D eigenvalue weighted by molar-refractivity contribution is 0.0922. The van der Waals surface area contributed by atoms with Crippen LogP contribution in [0.1, 0.15) is 21.5 Å². The summed E-state index contributed by atoms with van der Waals surface area (Å²) in [6.45, 7) is 4.00. The number of anilines is 1. The van der Waals surface area contributed by atoms with E-state index in [1.165, 1.54) is 5.56 Å². The summed E-state index contributed by atoms with van der Waals surface area (Å²) < 4.78 is 5.45. The summed E-state index contributed by atoms with van der Waals surface area (Å²) in [5, 5.41) is 0. The molecule has 2 rings (SSSR count). The molecule has 19 heavy (non-hydrogen) atoms. The minimum absolute atomic E-state index is 0.00326. The zero-order valence-electron chi connectivity index (χ0n) is 11.1. The fraction of sp³-hybridized carbons (Fsp3) is 0.188. The molecule has 0 aliphatic carbocycles. The van der Waals surface area contributed by atoms with Gasteiger partial charge < -0.3 is 10.5 Å². The summed E-state index contributed by atoms with van der Waals surface area (Å²) in [5.74, 6) is 0.492. The SMILES string of the molecule is Cc1ccc(C(=O)COc2ccccc2N)cc1C. The molecule has 3 heteroatoms. The van der Waals surface area contributed by atoms with Crippen molar-refractivity contribution in [3.63, 3.8) is 0 Å². The van der Waals surface area contributed by atoms with Crippen LogP contribution in [0.25, 0.3) is 0 Å². The van der Waals surface area contributed by atoms with Crippen LogP contribution in [0.15, 0.2) is 42.5 Å². The van der Waals surface area contributed by atoms with Gasteiger partial charge in [-0.15, -0.1) is 0 Å². The number of ketones is 1. The Morgan fingerprint density at radius 1 is 1.11 bits per heavy atom. The smallest absolute Gasteiger partial charge is 0.200 e. The second-order valence-corrected chi connectivity index (χ2v) is 4.55. The standard InChI is InChI=1S/C16H17NO2/c1-11-7-8-13(9-12(11)2)15(18)10-19-16-6-4-3-5-14(16)17/h3-9H,10,17H2,1-2H3. The molecular formula is C16H17NO2. The van der Waals surface area contributed by atoms with E-state index < -0.39 is 0 Å². The van der Waals surface area contributed by atoms with Gasteiger partial charge in [-0.2, -0.15) is 0 Å². The maximum Gasteiger partial charge on any atom is 0.200 e. The number of ether oxygens (including phenoxy) is 1. The van der Waals surface area contributed by atoms with Gasteiger partial charge in [0.1, 0.15) is 5.75 Å². The molecule has 3 nitrogen and oxygen atoms in total. The molecule has 0 bridgehead atoms. The average molecular weight is 255 g/mol. The van der Waals surface area contributed by atoms with Crippen LogP contribution in [0.4, 0.5) is 5.69 Å². The Labute approximate surface area is 113 Å². The van der Waals surface area contributed by atoms with Crippen molar-refractivity contribution >= 4 is 11.5 Å². The highest BCUT2D eigenvalue weighted by Crippen LogP contribution is 2.20. The summed E-state index contributed by atoms with van der Waals surface area (Å²) in [6.07, 6.45) is 0. The van der Waals surface area contributed by atoms with Crippen molar-refractivity contribution in [2.75, 3.05) is 12.3 Å². The van der Waals surface area contributed by atoms with E-state index >= 15 is 0 Å². The number of Topliss-reactive ketones (excluding diaryl/α,β-unsaturated/α-hetero) is 1. The van der Waals surface area contributed by atoms with Crippen molar-refractivity contribution in [3.8, 4) is 5.75 Å². The molecule has 0 heterocycles. The van der Waals surface area contributed by atoms with Crippen molar-refractivity contribution < 1.29 is 9.53 Å². The number of benzene rings is 2. The summed E-state index contributed by atoms with van der Waals surface area (Å²) in [5.41, 5.74) is 9.23. The van der Waals surface area contributed by atoms with Gasteiger partial charge in [-0.05, 0) is 43.2 Å². The molecule has 0 spiro atoms. The van der Waals surface area contributed by atoms with Gasteiger partial charge in [0.25, 0.3) is 0 Å². The zero-order chi connectivity index (χ0) is 13.8. The number of hydrogen-bond acceptors (Lipinski definition) is 3. The Balaban J connectivity index is 2.05. The molecule has 2 aromatic carbocycles. The summed E-state index contributed by atoms with van der Waals surface area (Å²) in [4.78, 5) is 12.0. The van der Waals surface area contributed by atoms with Crippen molar-refractivity contribution in [2.45, 2.75) is 13.8 Å². The zero-order valence-corrected chi connectivity index (χ0v) is 11.1. The van der Waals surface area contributed by atoms with Crippen LogP contribution in [0.2, 0.25) is 0 Å². The van der Waals surface area contributed by atoms with Gasteiger partial charge in [0, 0.05) is 5.56 Å². The maximum absolute atomic E-state index is 12.0. The van der Waals surface area contributed by atoms with Gasteiger partial charge in [0.15, 0.2) is 12.4 Å². The Hall–Kier alpha value is -2.29. The highest BCUT2D eigenvalue weighted by molar-refractivity contribution is 5.97. The molecule has 0 saturated carbocycles. The van der Waals surface area contributed by atoms with E-state index in [0.29, 0.717) is 17.0 Å². The van der Waals surface area contributed by atoms with E-state index in [4.69, 9.17) is 10.5 Å². The lowest BCUT2D eigenvalue weighted by Gasteiger charge is -2.08. The molecular weight excluding hydrogens is 238 g/mol. The second-order valence-electron chi connectivity index (χ2n) is 4.55. The predicted molar refractivity (Wildman–Crippen MR) is 76.6 cm³/mol. The first-order valence-electron chi connectivity index (χ1n) is 6.15.